The van der Waals surface area contributed by atoms with E-state index in [9.17, 15) is 4.79 Å². The van der Waals surface area contributed by atoms with Crippen LogP contribution in [0.3, 0.4) is 0 Å². The van der Waals surface area contributed by atoms with E-state index in [4.69, 9.17) is 0 Å². The van der Waals surface area contributed by atoms with Gasteiger partial charge in [0.15, 0.2) is 0 Å². The smallest absolute Gasteiger partial charge is 0.228 e. The van der Waals surface area contributed by atoms with E-state index in [0.717, 1.165) is 47.7 Å². The highest BCUT2D eigenvalue weighted by atomic mass is 16.2. The summed E-state index contributed by atoms with van der Waals surface area (Å²) in [5.41, 5.74) is 3.17. The fourth-order valence-electron chi connectivity index (χ4n) is 2.81. The summed E-state index contributed by atoms with van der Waals surface area (Å²) in [6.45, 7) is 4.66. The number of carbonyl (C=O) groups is 1. The van der Waals surface area contributed by atoms with E-state index in [0.29, 0.717) is 13.0 Å². The van der Waals surface area contributed by atoms with Crippen LogP contribution < -0.4 is 4.90 Å². The zero-order valence-electron chi connectivity index (χ0n) is 13.0. The molecule has 1 aliphatic heterocycles. The maximum absolute atomic E-state index is 12.4. The van der Waals surface area contributed by atoms with Crippen molar-refractivity contribution in [2.24, 2.45) is 0 Å². The maximum Gasteiger partial charge on any atom is 0.228 e. The summed E-state index contributed by atoms with van der Waals surface area (Å²) in [6.07, 6.45) is 6.59. The quantitative estimate of drug-likeness (QED) is 0.870. The standard InChI is InChI=1S/C17H20N4O/c1-3-4-15-19-12(2)14-5-6-16(22)21(17(14)20-15)11-13-7-9-18-10-8-13/h7-10H,3-6,11H2,1-2H3. The number of fused-ring (bicyclic) bond motifs is 1. The van der Waals surface area contributed by atoms with Crippen molar-refractivity contribution < 1.29 is 4.79 Å². The Morgan fingerprint density at radius 3 is 2.68 bits per heavy atom. The van der Waals surface area contributed by atoms with Gasteiger partial charge >= 0.3 is 0 Å². The number of hydrogen-bond donors (Lipinski definition) is 0. The highest BCUT2D eigenvalue weighted by Crippen LogP contribution is 2.29. The molecule has 22 heavy (non-hydrogen) atoms. The van der Waals surface area contributed by atoms with Gasteiger partial charge < -0.3 is 0 Å². The number of aryl methyl sites for hydroxylation is 2. The molecule has 0 radical (unpaired) electrons. The summed E-state index contributed by atoms with van der Waals surface area (Å²) >= 11 is 0. The molecule has 0 saturated carbocycles. The number of aromatic nitrogens is 3. The molecule has 0 saturated heterocycles. The van der Waals surface area contributed by atoms with E-state index in [1.165, 1.54) is 0 Å². The third kappa shape index (κ3) is 2.84. The van der Waals surface area contributed by atoms with Gasteiger partial charge in [0.1, 0.15) is 11.6 Å². The number of anilines is 1. The first-order valence-electron chi connectivity index (χ1n) is 7.74. The first-order chi connectivity index (χ1) is 10.7. The summed E-state index contributed by atoms with van der Waals surface area (Å²) in [4.78, 5) is 27.5. The summed E-state index contributed by atoms with van der Waals surface area (Å²) in [6, 6.07) is 3.87. The average Bonchev–Trinajstić information content (AvgIpc) is 2.51. The van der Waals surface area contributed by atoms with Crippen LogP contribution in [0.2, 0.25) is 0 Å². The second-order valence-corrected chi connectivity index (χ2v) is 5.61. The second kappa shape index (κ2) is 6.22. The molecule has 0 fully saturated rings. The number of nitrogens with zero attached hydrogens (tertiary/aromatic N) is 4. The highest BCUT2D eigenvalue weighted by Gasteiger charge is 2.27. The van der Waals surface area contributed by atoms with Crippen LogP contribution in [0.1, 0.15) is 42.4 Å². The van der Waals surface area contributed by atoms with Crippen molar-refractivity contribution in [3.8, 4) is 0 Å². The third-order valence-electron chi connectivity index (χ3n) is 3.95. The summed E-state index contributed by atoms with van der Waals surface area (Å²) in [5.74, 6) is 1.75. The predicted octanol–water partition coefficient (Wildman–Crippen LogP) is 2.61. The minimum absolute atomic E-state index is 0.130. The summed E-state index contributed by atoms with van der Waals surface area (Å²) in [5, 5.41) is 0. The van der Waals surface area contributed by atoms with Gasteiger partial charge in [-0.1, -0.05) is 6.92 Å². The molecule has 0 aliphatic carbocycles. The minimum atomic E-state index is 0.130. The van der Waals surface area contributed by atoms with Crippen molar-refractivity contribution in [1.29, 1.82) is 0 Å². The Hall–Kier alpha value is -2.30. The molecule has 1 amide bonds. The summed E-state index contributed by atoms with van der Waals surface area (Å²) in [7, 11) is 0. The number of amides is 1. The first kappa shape index (κ1) is 14.6. The van der Waals surface area contributed by atoms with Gasteiger partial charge in [-0.05, 0) is 37.5 Å². The van der Waals surface area contributed by atoms with Crippen LogP contribution >= 0.6 is 0 Å². The van der Waals surface area contributed by atoms with E-state index in [1.807, 2.05) is 19.1 Å². The Morgan fingerprint density at radius 1 is 1.18 bits per heavy atom. The molecule has 114 valence electrons. The zero-order chi connectivity index (χ0) is 15.5. The van der Waals surface area contributed by atoms with Gasteiger partial charge in [0.05, 0.1) is 6.54 Å². The maximum atomic E-state index is 12.4. The lowest BCUT2D eigenvalue weighted by atomic mass is 10.0. The fourth-order valence-corrected chi connectivity index (χ4v) is 2.81. The number of rotatable bonds is 4. The highest BCUT2D eigenvalue weighted by molar-refractivity contribution is 5.95. The molecule has 2 aromatic rings. The van der Waals surface area contributed by atoms with Crippen LogP contribution in [0.5, 0.6) is 0 Å². The lowest BCUT2D eigenvalue weighted by Gasteiger charge is -2.29. The normalized spacial score (nSPS) is 14.1. The Labute approximate surface area is 130 Å². The Kier molecular flexibility index (Phi) is 4.13. The third-order valence-corrected chi connectivity index (χ3v) is 3.95. The molecule has 2 aromatic heterocycles. The largest absolute Gasteiger partial charge is 0.292 e. The molecule has 0 atom stereocenters. The van der Waals surface area contributed by atoms with Gasteiger partial charge in [-0.2, -0.15) is 0 Å². The lowest BCUT2D eigenvalue weighted by Crippen LogP contribution is -2.36. The van der Waals surface area contributed by atoms with Crippen LogP contribution in [0.4, 0.5) is 5.82 Å². The SMILES string of the molecule is CCCc1nc(C)c2c(n1)N(Cc1ccncc1)C(=O)CC2. The van der Waals surface area contributed by atoms with E-state index in [1.54, 1.807) is 17.3 Å². The van der Waals surface area contributed by atoms with E-state index >= 15 is 0 Å². The first-order valence-corrected chi connectivity index (χ1v) is 7.74. The molecule has 5 nitrogen and oxygen atoms in total. The van der Waals surface area contributed by atoms with Gasteiger partial charge in [0.25, 0.3) is 0 Å². The van der Waals surface area contributed by atoms with Crippen LogP contribution in [0, 0.1) is 6.92 Å². The van der Waals surface area contributed by atoms with Crippen LogP contribution in [-0.2, 0) is 24.2 Å². The van der Waals surface area contributed by atoms with Crippen molar-refractivity contribution in [2.45, 2.75) is 46.1 Å². The van der Waals surface area contributed by atoms with Crippen molar-refractivity contribution in [2.75, 3.05) is 4.90 Å². The number of hydrogen-bond acceptors (Lipinski definition) is 4. The molecule has 3 rings (SSSR count). The Balaban J connectivity index is 1.99. The fraction of sp³-hybridized carbons (Fsp3) is 0.412. The van der Waals surface area contributed by atoms with E-state index in [2.05, 4.69) is 21.9 Å². The minimum Gasteiger partial charge on any atom is -0.292 e. The number of pyridine rings is 1. The molecular formula is C17H20N4O. The van der Waals surface area contributed by atoms with Gasteiger partial charge in [-0.15, -0.1) is 0 Å². The molecule has 0 N–H and O–H groups in total. The van der Waals surface area contributed by atoms with E-state index < -0.39 is 0 Å². The van der Waals surface area contributed by atoms with Gasteiger partial charge in [0, 0.05) is 36.5 Å². The van der Waals surface area contributed by atoms with Crippen molar-refractivity contribution in [3.05, 3.63) is 47.2 Å². The van der Waals surface area contributed by atoms with Gasteiger partial charge in [0.2, 0.25) is 5.91 Å². The molecule has 1 aliphatic rings. The molecule has 0 bridgehead atoms. The lowest BCUT2D eigenvalue weighted by molar-refractivity contribution is -0.119. The van der Waals surface area contributed by atoms with Crippen molar-refractivity contribution in [1.82, 2.24) is 15.0 Å². The van der Waals surface area contributed by atoms with Gasteiger partial charge in [-0.25, -0.2) is 9.97 Å². The molecule has 0 unspecified atom stereocenters. The monoisotopic (exact) mass is 296 g/mol. The molecular weight excluding hydrogens is 276 g/mol. The average molecular weight is 296 g/mol. The molecule has 5 heteroatoms. The van der Waals surface area contributed by atoms with E-state index in [-0.39, 0.29) is 5.91 Å². The second-order valence-electron chi connectivity index (χ2n) is 5.61. The Bertz CT molecular complexity index is 685. The zero-order valence-corrected chi connectivity index (χ0v) is 13.0. The molecule has 0 aromatic carbocycles. The van der Waals surface area contributed by atoms with Crippen molar-refractivity contribution in [3.63, 3.8) is 0 Å². The molecule has 3 heterocycles. The molecule has 0 spiro atoms. The topological polar surface area (TPSA) is 59.0 Å². The van der Waals surface area contributed by atoms with Crippen LogP contribution in [0.15, 0.2) is 24.5 Å². The van der Waals surface area contributed by atoms with Crippen LogP contribution in [-0.4, -0.2) is 20.9 Å². The predicted molar refractivity (Wildman–Crippen MR) is 84.5 cm³/mol. The van der Waals surface area contributed by atoms with Crippen molar-refractivity contribution >= 4 is 11.7 Å². The van der Waals surface area contributed by atoms with Gasteiger partial charge in [-0.3, -0.25) is 14.7 Å². The number of carbonyl (C=O) groups excluding carboxylic acids is 1. The Morgan fingerprint density at radius 2 is 1.95 bits per heavy atom. The summed E-state index contributed by atoms with van der Waals surface area (Å²) < 4.78 is 0. The van der Waals surface area contributed by atoms with Crippen LogP contribution in [0.25, 0.3) is 0 Å².